The van der Waals surface area contributed by atoms with Gasteiger partial charge in [-0.2, -0.15) is 14.6 Å². The predicted molar refractivity (Wildman–Crippen MR) is 75.9 cm³/mol. The van der Waals surface area contributed by atoms with E-state index < -0.39 is 10.1 Å². The molecule has 0 bridgehead atoms. The highest BCUT2D eigenvalue weighted by Crippen LogP contribution is 2.15. The molecule has 6 heteroatoms. The van der Waals surface area contributed by atoms with Crippen molar-refractivity contribution in [2.75, 3.05) is 18.8 Å². The van der Waals surface area contributed by atoms with Gasteiger partial charge in [-0.05, 0) is 11.8 Å². The second-order valence-corrected chi connectivity index (χ2v) is 6.65. The van der Waals surface area contributed by atoms with Crippen LogP contribution in [-0.2, 0) is 10.1 Å². The summed E-state index contributed by atoms with van der Waals surface area (Å²) >= 11 is 0. The Bertz CT molecular complexity index is 304. The molecule has 0 aliphatic carbocycles. The number of rotatable bonds is 6. The van der Waals surface area contributed by atoms with E-state index in [9.17, 15) is 8.42 Å². The average Bonchev–Trinajstić information content (AvgIpc) is 2.20. The van der Waals surface area contributed by atoms with Crippen LogP contribution in [0.15, 0.2) is 12.3 Å². The summed E-state index contributed by atoms with van der Waals surface area (Å²) in [5, 5.41) is 4.00. The van der Waals surface area contributed by atoms with Crippen LogP contribution in [0.4, 0.5) is 0 Å². The summed E-state index contributed by atoms with van der Waals surface area (Å²) < 4.78 is 29.1. The van der Waals surface area contributed by atoms with Crippen molar-refractivity contribution in [2.45, 2.75) is 40.5 Å². The van der Waals surface area contributed by atoms with E-state index in [0.29, 0.717) is 13.0 Å². The average molecular weight is 280 g/mol. The smallest absolute Gasteiger partial charge is 0.264 e. The molecule has 0 saturated heterocycles. The highest BCUT2D eigenvalue weighted by Gasteiger charge is 2.01. The van der Waals surface area contributed by atoms with E-state index in [1.54, 1.807) is 6.20 Å². The summed E-state index contributed by atoms with van der Waals surface area (Å²) in [7, 11) is -3.82. The Labute approximate surface area is 112 Å². The topological polar surface area (TPSA) is 96.1 Å². The van der Waals surface area contributed by atoms with Crippen LogP contribution in [-0.4, -0.2) is 31.8 Å². The Morgan fingerprint density at radius 1 is 1.33 bits per heavy atom. The normalized spacial score (nSPS) is 12.1. The fourth-order valence-corrected chi connectivity index (χ4v) is 1.18. The zero-order valence-corrected chi connectivity index (χ0v) is 12.8. The summed E-state index contributed by atoms with van der Waals surface area (Å²) in [6.45, 7) is 9.77. The van der Waals surface area contributed by atoms with Gasteiger partial charge >= 0.3 is 0 Å². The molecule has 4 N–H and O–H groups in total. The minimum Gasteiger partial charge on any atom is -0.691 e. The van der Waals surface area contributed by atoms with Gasteiger partial charge in [-0.3, -0.25) is 4.55 Å². The third kappa shape index (κ3) is 24.6. The maximum atomic E-state index is 10.3. The molecule has 110 valence electrons. The van der Waals surface area contributed by atoms with Crippen molar-refractivity contribution < 1.29 is 18.7 Å². The highest BCUT2D eigenvalue weighted by atomic mass is 32.2. The minimum atomic E-state index is -3.82. The lowest BCUT2D eigenvalue weighted by Gasteiger charge is -2.18. The van der Waals surface area contributed by atoms with Crippen LogP contribution in [0, 0.1) is 5.41 Å². The van der Waals surface area contributed by atoms with Crippen molar-refractivity contribution in [2.24, 2.45) is 5.41 Å². The first-order valence-corrected chi connectivity index (χ1v) is 7.82. The van der Waals surface area contributed by atoms with Crippen molar-refractivity contribution >= 4 is 10.1 Å². The lowest BCUT2D eigenvalue weighted by atomic mass is 9.97. The van der Waals surface area contributed by atoms with Gasteiger partial charge in [0.25, 0.3) is 10.1 Å². The van der Waals surface area contributed by atoms with Gasteiger partial charge in [0.05, 0.1) is 12.3 Å². The van der Waals surface area contributed by atoms with E-state index >= 15 is 0 Å². The first kappa shape index (κ1) is 19.7. The van der Waals surface area contributed by atoms with Gasteiger partial charge < -0.3 is 11.1 Å². The monoisotopic (exact) mass is 280 g/mol. The van der Waals surface area contributed by atoms with Crippen LogP contribution < -0.4 is 5.73 Å². The van der Waals surface area contributed by atoms with Crippen molar-refractivity contribution in [3.63, 3.8) is 0 Å². The Balaban J connectivity index is 0. The third-order valence-electron chi connectivity index (χ3n) is 1.72. The Hall–Kier alpha value is -0.590. The Kier molecular flexibility index (Phi) is 11.3. The molecule has 0 atom stereocenters. The van der Waals surface area contributed by atoms with Crippen molar-refractivity contribution in [3.8, 4) is 0 Å². The maximum absolute atomic E-state index is 10.3. The second kappa shape index (κ2) is 10.3. The fraction of sp³-hybridized carbons (Fsp3) is 0.833. The van der Waals surface area contributed by atoms with Gasteiger partial charge in [-0.15, -0.1) is 12.6 Å². The van der Waals surface area contributed by atoms with Crippen LogP contribution in [0.25, 0.3) is 5.32 Å². The molecule has 0 saturated carbocycles. The molecule has 0 amide bonds. The molecule has 0 rings (SSSR count). The summed E-state index contributed by atoms with van der Waals surface area (Å²) in [6, 6.07) is 0. The van der Waals surface area contributed by atoms with Crippen LogP contribution in [0.2, 0.25) is 0 Å². The summed E-state index contributed by atoms with van der Waals surface area (Å²) in [5.74, 6) is -0.222. The first-order chi connectivity index (χ1) is 8.12. The summed E-state index contributed by atoms with van der Waals surface area (Å²) in [6.07, 6.45) is 5.19. The molecule has 0 aliphatic heterocycles. The second-order valence-electron chi connectivity index (χ2n) is 5.08. The number of quaternary nitrogens is 1. The van der Waals surface area contributed by atoms with Crippen LogP contribution in [0.3, 0.4) is 0 Å². The van der Waals surface area contributed by atoms with Crippen molar-refractivity contribution in [3.05, 3.63) is 17.6 Å². The molecule has 0 heterocycles. The van der Waals surface area contributed by atoms with Gasteiger partial charge in [0.1, 0.15) is 0 Å². The molecule has 0 aromatic heterocycles. The molecule has 18 heavy (non-hydrogen) atoms. The summed E-state index contributed by atoms with van der Waals surface area (Å²) in [4.78, 5) is 0. The number of nitrogens with zero attached hydrogens (tertiary/aromatic N) is 1. The lowest BCUT2D eigenvalue weighted by molar-refractivity contribution is -0.367. The standard InChI is InChI=1S/C9H18NO3S.C3H9N/c1-9(2,3)5-7-10-6-4-8-14(11,12)13;1-2-3-4/h5,7H,4,6,8H2,1-3H3,(H,11,12,13);2-4H2,1H3/q-1;/p+1. The quantitative estimate of drug-likeness (QED) is 0.574. The molecule has 0 fully saturated rings. The molecular formula is C12H28N2O3S. The summed E-state index contributed by atoms with van der Waals surface area (Å²) in [5.41, 5.74) is 3.69. The largest absolute Gasteiger partial charge is 0.691 e. The van der Waals surface area contributed by atoms with Gasteiger partial charge in [0.15, 0.2) is 0 Å². The fourth-order valence-electron chi connectivity index (χ4n) is 0.689. The zero-order chi connectivity index (χ0) is 14.7. The maximum Gasteiger partial charge on any atom is 0.264 e. The molecular weight excluding hydrogens is 252 g/mol. The van der Waals surface area contributed by atoms with E-state index in [-0.39, 0.29) is 11.2 Å². The van der Waals surface area contributed by atoms with E-state index in [1.165, 1.54) is 6.42 Å². The van der Waals surface area contributed by atoms with Crippen LogP contribution >= 0.6 is 0 Å². The van der Waals surface area contributed by atoms with E-state index in [1.807, 2.05) is 6.08 Å². The lowest BCUT2D eigenvalue weighted by Crippen LogP contribution is -2.49. The third-order valence-corrected chi connectivity index (χ3v) is 2.53. The van der Waals surface area contributed by atoms with Crippen molar-refractivity contribution in [1.82, 2.24) is 0 Å². The van der Waals surface area contributed by atoms with Gasteiger partial charge in [-0.1, -0.05) is 34.1 Å². The van der Waals surface area contributed by atoms with E-state index in [0.717, 1.165) is 6.54 Å². The molecule has 0 aliphatic rings. The van der Waals surface area contributed by atoms with Crippen LogP contribution in [0.5, 0.6) is 0 Å². The zero-order valence-electron chi connectivity index (χ0n) is 12.0. The molecule has 5 nitrogen and oxygen atoms in total. The van der Waals surface area contributed by atoms with Gasteiger partial charge in [0.2, 0.25) is 0 Å². The SMILES string of the molecule is CC(C)(C)C=C[N-]CCCS(=O)(=O)O.CCC[NH3+]. The minimum absolute atomic E-state index is 0.0898. The molecule has 0 unspecified atom stereocenters. The number of allylic oxidation sites excluding steroid dienone is 1. The molecule has 0 radical (unpaired) electrons. The Morgan fingerprint density at radius 2 is 1.83 bits per heavy atom. The highest BCUT2D eigenvalue weighted by molar-refractivity contribution is 7.85. The van der Waals surface area contributed by atoms with Gasteiger partial charge in [0, 0.05) is 0 Å². The molecule has 0 aromatic rings. The molecule has 0 aromatic carbocycles. The van der Waals surface area contributed by atoms with Crippen molar-refractivity contribution in [1.29, 1.82) is 0 Å². The number of hydrogen-bond donors (Lipinski definition) is 2. The van der Waals surface area contributed by atoms with E-state index in [2.05, 4.69) is 38.7 Å². The van der Waals surface area contributed by atoms with Crippen LogP contribution in [0.1, 0.15) is 40.5 Å². The first-order valence-electron chi connectivity index (χ1n) is 6.21. The van der Waals surface area contributed by atoms with E-state index in [4.69, 9.17) is 4.55 Å². The Morgan fingerprint density at radius 3 is 2.17 bits per heavy atom. The number of hydrogen-bond acceptors (Lipinski definition) is 2. The predicted octanol–water partition coefficient (Wildman–Crippen LogP) is 1.84. The molecule has 0 spiro atoms. The van der Waals surface area contributed by atoms with Gasteiger partial charge in [-0.25, -0.2) is 0 Å².